The molecular formula is C6H7Cl3O2S. The fraction of sp³-hybridized carbons (Fsp3) is 0.667. The van der Waals surface area contributed by atoms with E-state index >= 15 is 0 Å². The molecule has 0 amide bonds. The van der Waals surface area contributed by atoms with Crippen molar-refractivity contribution in [2.75, 3.05) is 0 Å². The predicted octanol–water partition coefficient (Wildman–Crippen LogP) is 2.80. The van der Waals surface area contributed by atoms with E-state index in [1.54, 1.807) is 0 Å². The third kappa shape index (κ3) is 2.28. The largest absolute Gasteiger partial charge is 0.238 e. The minimum absolute atomic E-state index is 0.0848. The highest BCUT2D eigenvalue weighted by Gasteiger charge is 2.52. The van der Waals surface area contributed by atoms with Gasteiger partial charge in [0.1, 0.15) is 4.49 Å². The van der Waals surface area contributed by atoms with E-state index in [0.717, 1.165) is 0 Å². The van der Waals surface area contributed by atoms with E-state index < -0.39 is 13.8 Å². The molecule has 1 fully saturated rings. The molecule has 0 heterocycles. The van der Waals surface area contributed by atoms with Gasteiger partial charge in [0.2, 0.25) is 9.05 Å². The van der Waals surface area contributed by atoms with Crippen LogP contribution in [0.3, 0.4) is 0 Å². The van der Waals surface area contributed by atoms with Crippen molar-refractivity contribution in [3.63, 3.8) is 0 Å². The topological polar surface area (TPSA) is 34.1 Å². The van der Waals surface area contributed by atoms with E-state index in [4.69, 9.17) is 33.9 Å². The summed E-state index contributed by atoms with van der Waals surface area (Å²) >= 11 is 10.7. The maximum Gasteiger partial charge on any atom is 0.238 e. The molecular weight excluding hydrogens is 242 g/mol. The first kappa shape index (κ1) is 10.6. The van der Waals surface area contributed by atoms with Crippen LogP contribution in [0.15, 0.2) is 10.6 Å². The van der Waals surface area contributed by atoms with E-state index in [9.17, 15) is 8.42 Å². The Bertz CT molecular complexity index is 299. The summed E-state index contributed by atoms with van der Waals surface area (Å²) in [6.07, 6.45) is 2.96. The Morgan fingerprint density at radius 3 is 2.17 bits per heavy atom. The van der Waals surface area contributed by atoms with Crippen LogP contribution in [-0.4, -0.2) is 13.2 Å². The molecule has 0 unspecified atom stereocenters. The first-order valence-corrected chi connectivity index (χ1v) is 6.39. The summed E-state index contributed by atoms with van der Waals surface area (Å²) in [6.45, 7) is 0. The van der Waals surface area contributed by atoms with E-state index in [0.29, 0.717) is 19.3 Å². The molecule has 0 aromatic heterocycles. The molecule has 1 aliphatic rings. The lowest BCUT2D eigenvalue weighted by molar-refractivity contribution is 0.591. The van der Waals surface area contributed by atoms with E-state index in [1.807, 2.05) is 0 Å². The molecule has 0 atom stereocenters. The van der Waals surface area contributed by atoms with Crippen LogP contribution in [0, 0.1) is 0 Å². The van der Waals surface area contributed by atoms with Gasteiger partial charge in [-0.15, -0.1) is 0 Å². The molecule has 6 heteroatoms. The zero-order valence-corrected chi connectivity index (χ0v) is 9.14. The van der Waals surface area contributed by atoms with Gasteiger partial charge in [0.05, 0.1) is 4.75 Å². The van der Waals surface area contributed by atoms with E-state index in [-0.39, 0.29) is 4.49 Å². The van der Waals surface area contributed by atoms with Crippen LogP contribution in [0.25, 0.3) is 0 Å². The fourth-order valence-electron chi connectivity index (χ4n) is 0.950. The maximum absolute atomic E-state index is 11.0. The van der Waals surface area contributed by atoms with Crippen molar-refractivity contribution in [2.45, 2.75) is 24.0 Å². The Morgan fingerprint density at radius 1 is 1.42 bits per heavy atom. The van der Waals surface area contributed by atoms with Gasteiger partial charge in [0.15, 0.2) is 0 Å². The molecule has 0 N–H and O–H groups in total. The van der Waals surface area contributed by atoms with Crippen LogP contribution in [0.2, 0.25) is 0 Å². The lowest BCUT2D eigenvalue weighted by Crippen LogP contribution is -2.16. The third-order valence-corrected chi connectivity index (χ3v) is 4.85. The highest BCUT2D eigenvalue weighted by molar-refractivity contribution is 8.15. The van der Waals surface area contributed by atoms with Crippen molar-refractivity contribution in [1.29, 1.82) is 0 Å². The summed E-state index contributed by atoms with van der Waals surface area (Å²) in [5.41, 5.74) is 0. The van der Waals surface area contributed by atoms with Gasteiger partial charge in [-0.3, -0.25) is 0 Å². The van der Waals surface area contributed by atoms with E-state index in [1.165, 1.54) is 6.08 Å². The normalized spacial score (nSPS) is 20.2. The Balaban J connectivity index is 2.70. The average molecular weight is 250 g/mol. The van der Waals surface area contributed by atoms with Gasteiger partial charge in [-0.25, -0.2) is 8.42 Å². The molecule has 0 radical (unpaired) electrons. The van der Waals surface area contributed by atoms with Crippen molar-refractivity contribution in [3.8, 4) is 0 Å². The van der Waals surface area contributed by atoms with Crippen molar-refractivity contribution >= 4 is 42.9 Å². The number of allylic oxidation sites excluding steroid dienone is 1. The van der Waals surface area contributed by atoms with Crippen LogP contribution in [0.1, 0.15) is 19.3 Å². The monoisotopic (exact) mass is 248 g/mol. The minimum atomic E-state index is -3.48. The Hall–Kier alpha value is 0.560. The summed E-state index contributed by atoms with van der Waals surface area (Å²) in [4.78, 5) is 0. The van der Waals surface area contributed by atoms with Gasteiger partial charge < -0.3 is 0 Å². The van der Waals surface area contributed by atoms with Gasteiger partial charge in [0, 0.05) is 10.7 Å². The summed E-state index contributed by atoms with van der Waals surface area (Å²) in [7, 11) is 1.75. The summed E-state index contributed by atoms with van der Waals surface area (Å²) in [5.74, 6) is 0. The molecule has 1 rings (SSSR count). The second kappa shape index (κ2) is 3.37. The fourth-order valence-corrected chi connectivity index (χ4v) is 2.63. The summed E-state index contributed by atoms with van der Waals surface area (Å²) in [6, 6.07) is 0. The molecule has 0 aromatic rings. The second-order valence-corrected chi connectivity index (χ2v) is 6.79. The summed E-state index contributed by atoms with van der Waals surface area (Å²) in [5, 5.41) is 0. The predicted molar refractivity (Wildman–Crippen MR) is 51.1 cm³/mol. The molecule has 0 aromatic carbocycles. The summed E-state index contributed by atoms with van der Waals surface area (Å²) < 4.78 is 21.3. The van der Waals surface area contributed by atoms with Gasteiger partial charge in [0.25, 0.3) is 0 Å². The molecule has 1 aliphatic carbocycles. The van der Waals surface area contributed by atoms with Crippen molar-refractivity contribution < 1.29 is 8.42 Å². The molecule has 70 valence electrons. The Kier molecular flexibility index (Phi) is 2.99. The highest BCUT2D eigenvalue weighted by Crippen LogP contribution is 2.48. The Labute approximate surface area is 85.9 Å². The molecule has 1 saturated carbocycles. The van der Waals surface area contributed by atoms with E-state index in [2.05, 4.69) is 0 Å². The highest BCUT2D eigenvalue weighted by atomic mass is 35.7. The van der Waals surface area contributed by atoms with Gasteiger partial charge in [-0.2, -0.15) is 0 Å². The zero-order chi connectivity index (χ0) is 9.41. The lowest BCUT2D eigenvalue weighted by atomic mass is 10.3. The molecule has 12 heavy (non-hydrogen) atoms. The lowest BCUT2D eigenvalue weighted by Gasteiger charge is -2.06. The number of hydrogen-bond acceptors (Lipinski definition) is 2. The maximum atomic E-state index is 11.0. The van der Waals surface area contributed by atoms with Crippen molar-refractivity contribution in [3.05, 3.63) is 10.6 Å². The SMILES string of the molecule is O=S(=O)(Cl)C1(CC=C(Cl)Cl)CC1. The number of hydrogen-bond donors (Lipinski definition) is 0. The number of rotatable bonds is 3. The number of halogens is 3. The molecule has 2 nitrogen and oxygen atoms in total. The molecule has 0 spiro atoms. The minimum Gasteiger partial charge on any atom is -0.212 e. The van der Waals surface area contributed by atoms with Crippen molar-refractivity contribution in [2.24, 2.45) is 0 Å². The zero-order valence-electron chi connectivity index (χ0n) is 6.06. The smallest absolute Gasteiger partial charge is 0.212 e. The van der Waals surface area contributed by atoms with Crippen LogP contribution in [-0.2, 0) is 9.05 Å². The average Bonchev–Trinajstić information content (AvgIpc) is 2.60. The van der Waals surface area contributed by atoms with Crippen molar-refractivity contribution in [1.82, 2.24) is 0 Å². The van der Waals surface area contributed by atoms with Crippen LogP contribution >= 0.6 is 33.9 Å². The van der Waals surface area contributed by atoms with Gasteiger partial charge in [-0.1, -0.05) is 29.3 Å². The first-order valence-electron chi connectivity index (χ1n) is 3.33. The molecule has 0 aliphatic heterocycles. The van der Waals surface area contributed by atoms with Gasteiger partial charge in [-0.05, 0) is 19.3 Å². The third-order valence-electron chi connectivity index (χ3n) is 1.95. The van der Waals surface area contributed by atoms with Crippen LogP contribution in [0.4, 0.5) is 0 Å². The van der Waals surface area contributed by atoms with Crippen LogP contribution in [0.5, 0.6) is 0 Å². The second-order valence-electron chi connectivity index (χ2n) is 2.82. The quantitative estimate of drug-likeness (QED) is 0.721. The molecule has 0 bridgehead atoms. The molecule has 0 saturated heterocycles. The first-order chi connectivity index (χ1) is 5.37. The van der Waals surface area contributed by atoms with Crippen LogP contribution < -0.4 is 0 Å². The standard InChI is InChI=1S/C6H7Cl3O2S/c7-5(8)1-2-6(3-4-6)12(9,10)11/h1H,2-4H2. The van der Waals surface area contributed by atoms with Gasteiger partial charge >= 0.3 is 0 Å². The Morgan fingerprint density at radius 2 is 1.92 bits per heavy atom.